The van der Waals surface area contributed by atoms with Gasteiger partial charge in [-0.1, -0.05) is 41.5 Å². The molecular formula is C23H27NO3. The van der Waals surface area contributed by atoms with Gasteiger partial charge < -0.3 is 9.64 Å². The summed E-state index contributed by atoms with van der Waals surface area (Å²) in [5, 5.41) is 0. The van der Waals surface area contributed by atoms with E-state index in [0.717, 1.165) is 30.4 Å². The molecule has 142 valence electrons. The summed E-state index contributed by atoms with van der Waals surface area (Å²) in [5.74, 6) is -0.579. The Bertz CT molecular complexity index is 845. The number of nitrogens with zero attached hydrogens (tertiary/aromatic N) is 1. The predicted molar refractivity (Wildman–Crippen MR) is 107 cm³/mol. The van der Waals surface area contributed by atoms with Crippen LogP contribution in [0.4, 0.5) is 0 Å². The highest BCUT2D eigenvalue weighted by Crippen LogP contribution is 2.32. The summed E-state index contributed by atoms with van der Waals surface area (Å²) in [5.41, 5.74) is 4.91. The van der Waals surface area contributed by atoms with Crippen LogP contribution in [0.1, 0.15) is 50.2 Å². The van der Waals surface area contributed by atoms with E-state index in [1.165, 1.54) is 25.5 Å². The van der Waals surface area contributed by atoms with Crippen molar-refractivity contribution in [3.8, 4) is 0 Å². The lowest BCUT2D eigenvalue weighted by molar-refractivity contribution is -0.136. The van der Waals surface area contributed by atoms with E-state index in [-0.39, 0.29) is 5.91 Å². The molecule has 0 saturated heterocycles. The molecule has 0 atom stereocenters. The molecule has 3 rings (SSSR count). The minimum absolute atomic E-state index is 0.120. The van der Waals surface area contributed by atoms with Gasteiger partial charge in [-0.15, -0.1) is 0 Å². The number of aryl methyl sites for hydroxylation is 1. The fraction of sp³-hybridized carbons (Fsp3) is 0.391. The van der Waals surface area contributed by atoms with Crippen molar-refractivity contribution >= 4 is 18.0 Å². The molecule has 1 heterocycles. The second-order valence-electron chi connectivity index (χ2n) is 7.24. The predicted octanol–water partition coefficient (Wildman–Crippen LogP) is 4.56. The van der Waals surface area contributed by atoms with Crippen molar-refractivity contribution in [3.63, 3.8) is 0 Å². The Kier molecular flexibility index (Phi) is 5.94. The van der Waals surface area contributed by atoms with Crippen molar-refractivity contribution in [1.82, 2.24) is 4.90 Å². The van der Waals surface area contributed by atoms with Crippen LogP contribution in [0.15, 0.2) is 52.8 Å². The number of hydrogen-bond acceptors (Lipinski definition) is 3. The molecule has 1 aromatic carbocycles. The van der Waals surface area contributed by atoms with Crippen molar-refractivity contribution in [1.29, 1.82) is 0 Å². The standard InChI is InChI=1S/C23H27NO3/c1-16-8-7-11-19(14-16)15-20-21(23(26)27-3)17(2)24(22(20)25)13-12-18-9-5-4-6-10-18/h7-9,11,14-15H,4-6,10,12-13H2,1-3H3/b20-15-. The smallest absolute Gasteiger partial charge is 0.340 e. The van der Waals surface area contributed by atoms with Crippen molar-refractivity contribution < 1.29 is 14.3 Å². The van der Waals surface area contributed by atoms with Crippen LogP contribution in [0.2, 0.25) is 0 Å². The van der Waals surface area contributed by atoms with Gasteiger partial charge in [0.05, 0.1) is 18.3 Å². The SMILES string of the molecule is COC(=O)C1=C(C)N(CCC2=CCCCC2)C(=O)/C1=C\c1cccc(C)c1. The number of carbonyl (C=O) groups is 2. The Balaban J connectivity index is 1.90. The lowest BCUT2D eigenvalue weighted by Gasteiger charge is -2.20. The molecule has 0 aromatic heterocycles. The van der Waals surface area contributed by atoms with Gasteiger partial charge >= 0.3 is 5.97 Å². The number of rotatable bonds is 5. The summed E-state index contributed by atoms with van der Waals surface area (Å²) in [6, 6.07) is 7.89. The number of methoxy groups -OCH3 is 1. The first-order valence-corrected chi connectivity index (χ1v) is 9.59. The minimum atomic E-state index is -0.459. The molecular weight excluding hydrogens is 338 g/mol. The molecule has 0 fully saturated rings. The van der Waals surface area contributed by atoms with Crippen molar-refractivity contribution in [2.75, 3.05) is 13.7 Å². The zero-order valence-corrected chi connectivity index (χ0v) is 16.4. The van der Waals surface area contributed by atoms with Crippen LogP contribution in [0.25, 0.3) is 6.08 Å². The van der Waals surface area contributed by atoms with Gasteiger partial charge in [0.2, 0.25) is 0 Å². The minimum Gasteiger partial charge on any atom is -0.465 e. The molecule has 1 aromatic rings. The number of hydrogen-bond donors (Lipinski definition) is 0. The second kappa shape index (κ2) is 8.38. The van der Waals surface area contributed by atoms with Crippen molar-refractivity contribution in [3.05, 3.63) is 63.9 Å². The highest BCUT2D eigenvalue weighted by atomic mass is 16.5. The Morgan fingerprint density at radius 3 is 2.74 bits per heavy atom. The highest BCUT2D eigenvalue weighted by Gasteiger charge is 2.36. The fourth-order valence-corrected chi connectivity index (χ4v) is 3.81. The summed E-state index contributed by atoms with van der Waals surface area (Å²) in [6.07, 6.45) is 9.67. The maximum Gasteiger partial charge on any atom is 0.340 e. The van der Waals surface area contributed by atoms with Gasteiger partial charge in [0.1, 0.15) is 0 Å². The fourth-order valence-electron chi connectivity index (χ4n) is 3.81. The van der Waals surface area contributed by atoms with Gasteiger partial charge in [0, 0.05) is 12.2 Å². The molecule has 0 bridgehead atoms. The van der Waals surface area contributed by atoms with Crippen molar-refractivity contribution in [2.45, 2.75) is 46.0 Å². The van der Waals surface area contributed by atoms with Crippen LogP contribution in [0.3, 0.4) is 0 Å². The third-order valence-corrected chi connectivity index (χ3v) is 5.30. The highest BCUT2D eigenvalue weighted by molar-refractivity contribution is 6.16. The maximum absolute atomic E-state index is 13.1. The number of carbonyl (C=O) groups excluding carboxylic acids is 2. The normalized spacial score (nSPS) is 18.9. The van der Waals surface area contributed by atoms with E-state index in [0.29, 0.717) is 23.4 Å². The molecule has 27 heavy (non-hydrogen) atoms. The van der Waals surface area contributed by atoms with E-state index in [1.807, 2.05) is 38.1 Å². The Morgan fingerprint density at radius 1 is 1.26 bits per heavy atom. The number of amides is 1. The first-order chi connectivity index (χ1) is 13.0. The lowest BCUT2D eigenvalue weighted by atomic mass is 9.97. The first-order valence-electron chi connectivity index (χ1n) is 9.59. The molecule has 2 aliphatic rings. The van der Waals surface area contributed by atoms with E-state index in [4.69, 9.17) is 4.74 Å². The average Bonchev–Trinajstić information content (AvgIpc) is 2.90. The second-order valence-corrected chi connectivity index (χ2v) is 7.24. The summed E-state index contributed by atoms with van der Waals surface area (Å²) >= 11 is 0. The van der Waals surface area contributed by atoms with E-state index in [9.17, 15) is 9.59 Å². The topological polar surface area (TPSA) is 46.6 Å². The zero-order chi connectivity index (χ0) is 19.4. The molecule has 1 amide bonds. The van der Waals surface area contributed by atoms with Crippen LogP contribution in [0.5, 0.6) is 0 Å². The van der Waals surface area contributed by atoms with Gasteiger partial charge in [0.25, 0.3) is 5.91 Å². The zero-order valence-electron chi connectivity index (χ0n) is 16.4. The van der Waals surface area contributed by atoms with E-state index in [2.05, 4.69) is 6.08 Å². The molecule has 4 heteroatoms. The Labute approximate surface area is 161 Å². The largest absolute Gasteiger partial charge is 0.465 e. The molecule has 0 unspecified atom stereocenters. The molecule has 0 spiro atoms. The Hall–Kier alpha value is -2.62. The van der Waals surface area contributed by atoms with Gasteiger partial charge in [0.15, 0.2) is 0 Å². The van der Waals surface area contributed by atoms with Crippen LogP contribution >= 0.6 is 0 Å². The first kappa shape index (κ1) is 19.2. The summed E-state index contributed by atoms with van der Waals surface area (Å²) in [4.78, 5) is 27.2. The third kappa shape index (κ3) is 4.21. The quantitative estimate of drug-likeness (QED) is 0.437. The molecule has 0 radical (unpaired) electrons. The maximum atomic E-state index is 13.1. The van der Waals surface area contributed by atoms with Crippen molar-refractivity contribution in [2.24, 2.45) is 0 Å². The number of allylic oxidation sites excluding steroid dienone is 2. The molecule has 0 N–H and O–H groups in total. The number of ether oxygens (including phenoxy) is 1. The number of benzene rings is 1. The molecule has 1 aliphatic heterocycles. The summed E-state index contributed by atoms with van der Waals surface area (Å²) in [6.45, 7) is 4.43. The van der Waals surface area contributed by atoms with Crippen LogP contribution in [-0.4, -0.2) is 30.4 Å². The van der Waals surface area contributed by atoms with Gasteiger partial charge in [-0.3, -0.25) is 4.79 Å². The van der Waals surface area contributed by atoms with E-state index >= 15 is 0 Å². The van der Waals surface area contributed by atoms with Crippen LogP contribution in [-0.2, 0) is 14.3 Å². The number of esters is 1. The lowest BCUT2D eigenvalue weighted by Crippen LogP contribution is -2.26. The molecule has 4 nitrogen and oxygen atoms in total. The van der Waals surface area contributed by atoms with Crippen LogP contribution in [0, 0.1) is 6.92 Å². The summed E-state index contributed by atoms with van der Waals surface area (Å²) < 4.78 is 4.96. The van der Waals surface area contributed by atoms with Crippen LogP contribution < -0.4 is 0 Å². The third-order valence-electron chi connectivity index (χ3n) is 5.30. The average molecular weight is 365 g/mol. The van der Waals surface area contributed by atoms with Gasteiger partial charge in [-0.2, -0.15) is 0 Å². The molecule has 0 saturated carbocycles. The van der Waals surface area contributed by atoms with Gasteiger partial charge in [-0.25, -0.2) is 4.79 Å². The monoisotopic (exact) mass is 365 g/mol. The van der Waals surface area contributed by atoms with E-state index < -0.39 is 5.97 Å². The Morgan fingerprint density at radius 2 is 2.07 bits per heavy atom. The summed E-state index contributed by atoms with van der Waals surface area (Å²) in [7, 11) is 1.35. The molecule has 1 aliphatic carbocycles. The van der Waals surface area contributed by atoms with E-state index in [1.54, 1.807) is 11.0 Å². The van der Waals surface area contributed by atoms with Gasteiger partial charge in [-0.05, 0) is 57.6 Å².